The van der Waals surface area contributed by atoms with Crippen LogP contribution in [0.1, 0.15) is 58.0 Å². The Balaban J connectivity index is 1.65. The number of urea groups is 1. The van der Waals surface area contributed by atoms with Crippen molar-refractivity contribution in [2.24, 2.45) is 5.73 Å². The molecule has 4 aromatic rings. The number of phenolic OH excluding ortho intramolecular Hbond substituents is 1. The molecule has 0 atom stereocenters. The Morgan fingerprint density at radius 1 is 0.930 bits per heavy atom. The van der Waals surface area contributed by atoms with Crippen LogP contribution in [-0.4, -0.2) is 52.1 Å². The normalized spacial score (nSPS) is 10.9. The van der Waals surface area contributed by atoms with E-state index < -0.39 is 5.91 Å². The quantitative estimate of drug-likeness (QED) is 0.126. The minimum Gasteiger partial charge on any atom is -0.508 e. The first-order chi connectivity index (χ1) is 20.8. The first-order valence-corrected chi connectivity index (χ1v) is 14.5. The number of hydrogen-bond acceptors (Lipinski definition) is 6. The fraction of sp³-hybridized carbons (Fsp3) is 0.312. The second kappa shape index (κ2) is 14.8. The van der Waals surface area contributed by atoms with Gasteiger partial charge in [-0.1, -0.05) is 31.2 Å². The number of aromatic nitrogens is 2. The molecule has 0 saturated carbocycles. The molecule has 0 radical (unpaired) electrons. The number of amides is 4. The minimum atomic E-state index is -0.411. The zero-order chi connectivity index (χ0) is 30.8. The molecule has 3 aromatic carbocycles. The average molecular weight is 586 g/mol. The Bertz CT molecular complexity index is 1580. The summed E-state index contributed by atoms with van der Waals surface area (Å²) in [6.07, 6.45) is 2.95. The number of imidazole rings is 1. The van der Waals surface area contributed by atoms with Crippen LogP contribution in [-0.2, 0) is 13.0 Å². The largest absolute Gasteiger partial charge is 0.508 e. The molecule has 11 heteroatoms. The van der Waals surface area contributed by atoms with Crippen molar-refractivity contribution in [1.82, 2.24) is 20.2 Å². The van der Waals surface area contributed by atoms with Gasteiger partial charge in [-0.25, -0.2) is 9.78 Å². The number of phenols is 1. The lowest BCUT2D eigenvalue weighted by Gasteiger charge is -2.14. The molecule has 7 N–H and O–H groups in total. The number of nitrogens with two attached hydrogens (primary N) is 1. The molecule has 0 saturated heterocycles. The first kappa shape index (κ1) is 31.0. The van der Waals surface area contributed by atoms with E-state index in [9.17, 15) is 19.5 Å². The van der Waals surface area contributed by atoms with E-state index in [0.29, 0.717) is 60.4 Å². The lowest BCUT2D eigenvalue weighted by molar-refractivity contribution is 0.0953. The van der Waals surface area contributed by atoms with Crippen LogP contribution in [0.4, 0.5) is 16.4 Å². The van der Waals surface area contributed by atoms with E-state index in [-0.39, 0.29) is 23.6 Å². The van der Waals surface area contributed by atoms with Crippen molar-refractivity contribution in [3.63, 3.8) is 0 Å². The SMILES string of the molecule is CCCNC(=O)Nc1cc(C(=O)Nc2nc3cccc(C(=O)NCCCCN)c3n2CCc2ccc(O)cc2)ccc1C. The third kappa shape index (κ3) is 8.10. The Hall–Kier alpha value is -4.90. The van der Waals surface area contributed by atoms with Gasteiger partial charge in [0.1, 0.15) is 5.75 Å². The molecule has 0 aliphatic carbocycles. The third-order valence-electron chi connectivity index (χ3n) is 7.00. The van der Waals surface area contributed by atoms with Gasteiger partial charge in [-0.3, -0.25) is 14.9 Å². The van der Waals surface area contributed by atoms with E-state index >= 15 is 0 Å². The van der Waals surface area contributed by atoms with E-state index in [0.717, 1.165) is 30.4 Å². The van der Waals surface area contributed by atoms with Gasteiger partial charge >= 0.3 is 6.03 Å². The number of unbranched alkanes of at least 4 members (excludes halogenated alkanes) is 1. The summed E-state index contributed by atoms with van der Waals surface area (Å²) in [5.74, 6) is -0.181. The molecule has 0 bridgehead atoms. The Labute approximate surface area is 250 Å². The molecule has 1 aromatic heterocycles. The van der Waals surface area contributed by atoms with E-state index in [1.165, 1.54) is 0 Å². The first-order valence-electron chi connectivity index (χ1n) is 14.5. The molecule has 0 aliphatic heterocycles. The second-order valence-corrected chi connectivity index (χ2v) is 10.3. The maximum Gasteiger partial charge on any atom is 0.319 e. The molecule has 226 valence electrons. The summed E-state index contributed by atoms with van der Waals surface area (Å²) >= 11 is 0. The molecule has 0 spiro atoms. The van der Waals surface area contributed by atoms with Crippen molar-refractivity contribution in [1.29, 1.82) is 0 Å². The summed E-state index contributed by atoms with van der Waals surface area (Å²) in [7, 11) is 0. The highest BCUT2D eigenvalue weighted by Gasteiger charge is 2.20. The van der Waals surface area contributed by atoms with Crippen LogP contribution in [0, 0.1) is 6.92 Å². The third-order valence-corrected chi connectivity index (χ3v) is 7.00. The van der Waals surface area contributed by atoms with Crippen molar-refractivity contribution in [3.8, 4) is 5.75 Å². The summed E-state index contributed by atoms with van der Waals surface area (Å²) in [6.45, 7) is 5.82. The number of hydrogen-bond donors (Lipinski definition) is 6. The summed E-state index contributed by atoms with van der Waals surface area (Å²) in [5.41, 5.74) is 9.84. The number of nitrogens with zero attached hydrogens (tertiary/aromatic N) is 2. The van der Waals surface area contributed by atoms with Crippen molar-refractivity contribution in [3.05, 3.63) is 82.9 Å². The molecule has 11 nitrogen and oxygen atoms in total. The smallest absolute Gasteiger partial charge is 0.319 e. The number of fused-ring (bicyclic) bond motifs is 1. The zero-order valence-corrected chi connectivity index (χ0v) is 24.6. The summed E-state index contributed by atoms with van der Waals surface area (Å²) in [6, 6.07) is 16.9. The van der Waals surface area contributed by atoms with Gasteiger partial charge in [-0.15, -0.1) is 0 Å². The number of carbonyl (C=O) groups is 3. The standard InChI is InChI=1S/C32H39N7O4/c1-3-17-35-32(43)37-27-20-23(12-9-21(27)2)29(41)38-31-36-26-8-6-7-25(30(42)34-18-5-4-16-33)28(26)39(31)19-15-22-10-13-24(40)14-11-22/h6-14,20,40H,3-5,15-19,33H2,1-2H3,(H,34,42)(H2,35,37,43)(H,36,38,41). The molecular weight excluding hydrogens is 546 g/mol. The zero-order valence-electron chi connectivity index (χ0n) is 24.6. The van der Waals surface area contributed by atoms with Gasteiger partial charge in [-0.05, 0) is 86.7 Å². The summed E-state index contributed by atoms with van der Waals surface area (Å²) in [5, 5.41) is 21.1. The maximum atomic E-state index is 13.5. The number of benzene rings is 3. The van der Waals surface area contributed by atoms with Crippen LogP contribution < -0.4 is 27.0 Å². The topological polar surface area (TPSA) is 163 Å². The molecule has 43 heavy (non-hydrogen) atoms. The fourth-order valence-electron chi connectivity index (χ4n) is 4.63. The van der Waals surface area contributed by atoms with E-state index in [1.54, 1.807) is 48.5 Å². The Morgan fingerprint density at radius 3 is 2.47 bits per heavy atom. The molecular formula is C32H39N7O4. The van der Waals surface area contributed by atoms with Gasteiger partial charge in [-0.2, -0.15) is 0 Å². The number of para-hydroxylation sites is 1. The van der Waals surface area contributed by atoms with Crippen LogP contribution in [0.2, 0.25) is 0 Å². The predicted molar refractivity (Wildman–Crippen MR) is 169 cm³/mol. The molecule has 0 aliphatic rings. The molecule has 4 rings (SSSR count). The van der Waals surface area contributed by atoms with Gasteiger partial charge in [0.25, 0.3) is 11.8 Å². The predicted octanol–water partition coefficient (Wildman–Crippen LogP) is 4.55. The molecule has 1 heterocycles. The average Bonchev–Trinajstić information content (AvgIpc) is 3.35. The van der Waals surface area contributed by atoms with Gasteiger partial charge < -0.3 is 31.4 Å². The van der Waals surface area contributed by atoms with E-state index in [2.05, 4.69) is 21.3 Å². The summed E-state index contributed by atoms with van der Waals surface area (Å²) < 4.78 is 1.83. The van der Waals surface area contributed by atoms with Crippen molar-refractivity contribution >= 4 is 40.5 Å². The van der Waals surface area contributed by atoms with Gasteiger partial charge in [0, 0.05) is 30.9 Å². The van der Waals surface area contributed by atoms with Crippen molar-refractivity contribution < 1.29 is 19.5 Å². The van der Waals surface area contributed by atoms with Crippen LogP contribution in [0.3, 0.4) is 0 Å². The van der Waals surface area contributed by atoms with E-state index in [4.69, 9.17) is 10.7 Å². The monoisotopic (exact) mass is 585 g/mol. The Morgan fingerprint density at radius 2 is 1.72 bits per heavy atom. The molecule has 0 fully saturated rings. The highest BCUT2D eigenvalue weighted by Crippen LogP contribution is 2.26. The van der Waals surface area contributed by atoms with Crippen LogP contribution in [0.5, 0.6) is 5.75 Å². The van der Waals surface area contributed by atoms with Crippen molar-refractivity contribution in [2.45, 2.75) is 46.1 Å². The lowest BCUT2D eigenvalue weighted by Crippen LogP contribution is -2.29. The highest BCUT2D eigenvalue weighted by molar-refractivity contribution is 6.08. The minimum absolute atomic E-state index is 0.174. The van der Waals surface area contributed by atoms with Crippen molar-refractivity contribution in [2.75, 3.05) is 30.3 Å². The summed E-state index contributed by atoms with van der Waals surface area (Å²) in [4.78, 5) is 43.7. The number of aryl methyl sites for hydroxylation is 3. The van der Waals surface area contributed by atoms with Gasteiger partial charge in [0.15, 0.2) is 0 Å². The highest BCUT2D eigenvalue weighted by atomic mass is 16.3. The fourth-order valence-corrected chi connectivity index (χ4v) is 4.63. The van der Waals surface area contributed by atoms with Crippen LogP contribution in [0.25, 0.3) is 11.0 Å². The van der Waals surface area contributed by atoms with Gasteiger partial charge in [0.05, 0.1) is 16.6 Å². The number of carbonyl (C=O) groups excluding carboxylic acids is 3. The number of rotatable bonds is 13. The Kier molecular flexibility index (Phi) is 10.7. The number of aromatic hydroxyl groups is 1. The van der Waals surface area contributed by atoms with Gasteiger partial charge in [0.2, 0.25) is 5.95 Å². The molecule has 0 unspecified atom stereocenters. The van der Waals surface area contributed by atoms with Crippen LogP contribution >= 0.6 is 0 Å². The maximum absolute atomic E-state index is 13.5. The number of nitrogens with one attached hydrogen (secondary N) is 4. The lowest BCUT2D eigenvalue weighted by atomic mass is 10.1. The second-order valence-electron chi connectivity index (χ2n) is 10.3. The molecule has 4 amide bonds. The van der Waals surface area contributed by atoms with E-state index in [1.807, 2.05) is 30.5 Å². The number of anilines is 2. The van der Waals surface area contributed by atoms with Crippen LogP contribution in [0.15, 0.2) is 60.7 Å².